The highest BCUT2D eigenvalue weighted by atomic mass is 35.5. The second-order valence-corrected chi connectivity index (χ2v) is 7.77. The Hall–Kier alpha value is -2.13. The van der Waals surface area contributed by atoms with Crippen LogP contribution < -0.4 is 4.74 Å². The predicted octanol–water partition coefficient (Wildman–Crippen LogP) is 4.42. The normalized spacial score (nSPS) is 17.1. The molecule has 1 aliphatic heterocycles. The summed E-state index contributed by atoms with van der Waals surface area (Å²) in [6.45, 7) is 3.53. The minimum atomic E-state index is -0.472. The molecule has 0 amide bonds. The minimum Gasteiger partial charge on any atom is -0.489 e. The number of hydrogen-bond donors (Lipinski definition) is 0. The van der Waals surface area contributed by atoms with Crippen LogP contribution in [0.1, 0.15) is 18.4 Å². The number of benzene rings is 2. The Labute approximate surface area is 171 Å². The molecule has 4 nitrogen and oxygen atoms in total. The Bertz CT molecular complexity index is 825. The maximum atomic E-state index is 14.5. The number of nitrogens with zero attached hydrogens (tertiary/aromatic N) is 3. The molecular formula is C22H25ClFN3O. The van der Waals surface area contributed by atoms with Gasteiger partial charge in [-0.15, -0.1) is 0 Å². The SMILES string of the molecule is CN(C)[C@@H]1CCN(CCCOc2c(F)cc(-c3ccc(C#N)cc3)cc2Cl)C1. The Morgan fingerprint density at radius 3 is 2.61 bits per heavy atom. The molecule has 1 fully saturated rings. The molecule has 1 saturated heterocycles. The molecule has 0 unspecified atom stereocenters. The number of halogens is 2. The molecule has 6 heteroatoms. The van der Waals surface area contributed by atoms with Gasteiger partial charge in [0.2, 0.25) is 0 Å². The van der Waals surface area contributed by atoms with Gasteiger partial charge in [-0.1, -0.05) is 23.7 Å². The molecule has 0 aromatic heterocycles. The number of ether oxygens (including phenoxy) is 1. The Morgan fingerprint density at radius 1 is 1.25 bits per heavy atom. The first-order valence-electron chi connectivity index (χ1n) is 9.49. The summed E-state index contributed by atoms with van der Waals surface area (Å²) in [6.07, 6.45) is 2.01. The van der Waals surface area contributed by atoms with Crippen LogP contribution in [0, 0.1) is 17.1 Å². The molecule has 0 aliphatic carbocycles. The molecule has 1 atom stereocenters. The molecule has 0 bridgehead atoms. The first-order chi connectivity index (χ1) is 13.5. The van der Waals surface area contributed by atoms with Crippen LogP contribution in [-0.4, -0.2) is 56.2 Å². The molecule has 3 rings (SSSR count). The first kappa shape index (κ1) is 20.6. The van der Waals surface area contributed by atoms with E-state index in [4.69, 9.17) is 21.6 Å². The third kappa shape index (κ3) is 5.02. The number of rotatable bonds is 7. The molecular weight excluding hydrogens is 377 g/mol. The summed E-state index contributed by atoms with van der Waals surface area (Å²) in [6, 6.07) is 12.8. The van der Waals surface area contributed by atoms with E-state index in [1.165, 1.54) is 12.5 Å². The summed E-state index contributed by atoms with van der Waals surface area (Å²) in [5.41, 5.74) is 2.02. The zero-order chi connectivity index (χ0) is 20.1. The van der Waals surface area contributed by atoms with Gasteiger partial charge in [0.25, 0.3) is 0 Å². The van der Waals surface area contributed by atoms with Crippen molar-refractivity contribution in [2.24, 2.45) is 0 Å². The van der Waals surface area contributed by atoms with Crippen LogP contribution in [0.2, 0.25) is 5.02 Å². The van der Waals surface area contributed by atoms with Crippen LogP contribution in [0.3, 0.4) is 0 Å². The van der Waals surface area contributed by atoms with Crippen molar-refractivity contribution in [3.05, 3.63) is 52.8 Å². The molecule has 1 heterocycles. The van der Waals surface area contributed by atoms with Gasteiger partial charge in [0.15, 0.2) is 11.6 Å². The summed E-state index contributed by atoms with van der Waals surface area (Å²) in [5.74, 6) is -0.368. The van der Waals surface area contributed by atoms with Gasteiger partial charge in [-0.25, -0.2) is 4.39 Å². The van der Waals surface area contributed by atoms with E-state index in [0.717, 1.165) is 31.6 Å². The lowest BCUT2D eigenvalue weighted by Crippen LogP contribution is -2.32. The van der Waals surface area contributed by atoms with E-state index in [1.54, 1.807) is 30.3 Å². The molecule has 28 heavy (non-hydrogen) atoms. The lowest BCUT2D eigenvalue weighted by atomic mass is 10.0. The van der Waals surface area contributed by atoms with Crippen molar-refractivity contribution in [1.29, 1.82) is 5.26 Å². The molecule has 148 valence electrons. The summed E-state index contributed by atoms with van der Waals surface area (Å²) in [4.78, 5) is 4.68. The second-order valence-electron chi connectivity index (χ2n) is 7.37. The van der Waals surface area contributed by atoms with Crippen molar-refractivity contribution < 1.29 is 9.13 Å². The molecule has 0 saturated carbocycles. The average Bonchev–Trinajstić information content (AvgIpc) is 3.16. The molecule has 2 aromatic carbocycles. The van der Waals surface area contributed by atoms with Crippen LogP contribution in [0.4, 0.5) is 4.39 Å². The lowest BCUT2D eigenvalue weighted by Gasteiger charge is -2.20. The van der Waals surface area contributed by atoms with Crippen molar-refractivity contribution in [3.63, 3.8) is 0 Å². The van der Waals surface area contributed by atoms with Crippen LogP contribution in [0.5, 0.6) is 5.75 Å². The van der Waals surface area contributed by atoms with Crippen molar-refractivity contribution in [2.75, 3.05) is 40.3 Å². The highest BCUT2D eigenvalue weighted by Gasteiger charge is 2.23. The number of likely N-dealkylation sites (tertiary alicyclic amines) is 1. The van der Waals surface area contributed by atoms with Gasteiger partial charge in [0, 0.05) is 19.1 Å². The third-order valence-corrected chi connectivity index (χ3v) is 5.47. The molecule has 0 radical (unpaired) electrons. The van der Waals surface area contributed by atoms with Gasteiger partial charge in [0.05, 0.1) is 23.3 Å². The van der Waals surface area contributed by atoms with Gasteiger partial charge in [-0.2, -0.15) is 5.26 Å². The quantitative estimate of drug-likeness (QED) is 0.644. The van der Waals surface area contributed by atoms with Crippen LogP contribution in [-0.2, 0) is 0 Å². The Balaban J connectivity index is 1.55. The number of likely N-dealkylation sites (N-methyl/N-ethyl adjacent to an activating group) is 1. The van der Waals surface area contributed by atoms with Crippen LogP contribution in [0.15, 0.2) is 36.4 Å². The molecule has 0 spiro atoms. The fourth-order valence-corrected chi connectivity index (χ4v) is 3.76. The van der Waals surface area contributed by atoms with Gasteiger partial charge >= 0.3 is 0 Å². The summed E-state index contributed by atoms with van der Waals surface area (Å²) in [5, 5.41) is 9.14. The Morgan fingerprint density at radius 2 is 2.00 bits per heavy atom. The van der Waals surface area contributed by atoms with Gasteiger partial charge in [-0.05, 0) is 68.9 Å². The largest absolute Gasteiger partial charge is 0.489 e. The van der Waals surface area contributed by atoms with Gasteiger partial charge in [-0.3, -0.25) is 0 Å². The third-order valence-electron chi connectivity index (χ3n) is 5.19. The number of nitriles is 1. The van der Waals surface area contributed by atoms with E-state index in [0.29, 0.717) is 23.8 Å². The fourth-order valence-electron chi connectivity index (χ4n) is 3.50. The summed E-state index contributed by atoms with van der Waals surface area (Å²) in [7, 11) is 4.23. The topological polar surface area (TPSA) is 39.5 Å². The smallest absolute Gasteiger partial charge is 0.173 e. The van der Waals surface area contributed by atoms with E-state index in [-0.39, 0.29) is 10.8 Å². The maximum Gasteiger partial charge on any atom is 0.173 e. The predicted molar refractivity (Wildman–Crippen MR) is 110 cm³/mol. The van der Waals surface area contributed by atoms with Crippen LogP contribution in [0.25, 0.3) is 11.1 Å². The monoisotopic (exact) mass is 401 g/mol. The molecule has 1 aliphatic rings. The van der Waals surface area contributed by atoms with E-state index in [2.05, 4.69) is 30.0 Å². The lowest BCUT2D eigenvalue weighted by molar-refractivity contribution is 0.238. The average molecular weight is 402 g/mol. The zero-order valence-electron chi connectivity index (χ0n) is 16.3. The van der Waals surface area contributed by atoms with Crippen molar-refractivity contribution in [3.8, 4) is 22.9 Å². The number of hydrogen-bond acceptors (Lipinski definition) is 4. The van der Waals surface area contributed by atoms with Crippen molar-refractivity contribution in [1.82, 2.24) is 9.80 Å². The Kier molecular flexibility index (Phi) is 6.90. The minimum absolute atomic E-state index is 0.103. The highest BCUT2D eigenvalue weighted by Crippen LogP contribution is 2.33. The molecule has 2 aromatic rings. The summed E-state index contributed by atoms with van der Waals surface area (Å²) < 4.78 is 20.2. The van der Waals surface area contributed by atoms with Crippen molar-refractivity contribution in [2.45, 2.75) is 18.9 Å². The maximum absolute atomic E-state index is 14.5. The standard InChI is InChI=1S/C22H25ClFN3O/c1-26(2)19-8-10-27(15-19)9-3-11-28-22-20(23)12-18(13-21(22)24)17-6-4-16(14-25)5-7-17/h4-7,12-13,19H,3,8-11,15H2,1-2H3/t19-/m1/s1. The highest BCUT2D eigenvalue weighted by molar-refractivity contribution is 6.32. The fraction of sp³-hybridized carbons (Fsp3) is 0.409. The first-order valence-corrected chi connectivity index (χ1v) is 9.87. The van der Waals surface area contributed by atoms with Crippen LogP contribution >= 0.6 is 11.6 Å². The van der Waals surface area contributed by atoms with E-state index < -0.39 is 5.82 Å². The molecule has 0 N–H and O–H groups in total. The van der Waals surface area contributed by atoms with E-state index in [1.807, 2.05) is 0 Å². The second kappa shape index (κ2) is 9.38. The van der Waals surface area contributed by atoms with E-state index in [9.17, 15) is 4.39 Å². The van der Waals surface area contributed by atoms with Gasteiger partial charge in [0.1, 0.15) is 0 Å². The van der Waals surface area contributed by atoms with Crippen molar-refractivity contribution >= 4 is 11.6 Å². The zero-order valence-corrected chi connectivity index (χ0v) is 17.0. The van der Waals surface area contributed by atoms with E-state index >= 15 is 0 Å². The van der Waals surface area contributed by atoms with Gasteiger partial charge < -0.3 is 14.5 Å². The summed E-state index contributed by atoms with van der Waals surface area (Å²) >= 11 is 6.27.